The molecule has 1 saturated heterocycles. The van der Waals surface area contributed by atoms with Crippen LogP contribution in [0.1, 0.15) is 44.1 Å². The molecule has 4 rings (SSSR count). The highest BCUT2D eigenvalue weighted by Gasteiger charge is 2.33. The van der Waals surface area contributed by atoms with Crippen molar-refractivity contribution in [3.63, 3.8) is 0 Å². The first-order valence-electron chi connectivity index (χ1n) is 11.2. The van der Waals surface area contributed by atoms with Gasteiger partial charge in [-0.05, 0) is 61.4 Å². The highest BCUT2D eigenvalue weighted by molar-refractivity contribution is 5.97. The summed E-state index contributed by atoms with van der Waals surface area (Å²) in [5, 5.41) is 6.50. The van der Waals surface area contributed by atoms with Crippen molar-refractivity contribution >= 4 is 23.2 Å². The highest BCUT2D eigenvalue weighted by Crippen LogP contribution is 2.25. The Morgan fingerprint density at radius 2 is 1.57 bits per heavy atom. The summed E-state index contributed by atoms with van der Waals surface area (Å²) in [5.74, 6) is 0.706. The molecule has 2 aliphatic rings. The SMILES string of the molecule is O=C(Nc1ccc(NCC2CCCC2)cc1)C1CCCN1C(=O)Cc1ccccc1. The number of carbonyl (C=O) groups is 2. The van der Waals surface area contributed by atoms with E-state index >= 15 is 0 Å². The number of nitrogens with zero attached hydrogens (tertiary/aromatic N) is 1. The second-order valence-electron chi connectivity index (χ2n) is 8.51. The van der Waals surface area contributed by atoms with Crippen molar-refractivity contribution in [2.75, 3.05) is 23.7 Å². The van der Waals surface area contributed by atoms with Crippen LogP contribution in [0.3, 0.4) is 0 Å². The molecule has 2 aromatic carbocycles. The fourth-order valence-electron chi connectivity index (χ4n) is 4.58. The third-order valence-corrected chi connectivity index (χ3v) is 6.30. The Hall–Kier alpha value is -2.82. The lowest BCUT2D eigenvalue weighted by atomic mass is 10.1. The lowest BCUT2D eigenvalue weighted by Gasteiger charge is -2.24. The zero-order valence-corrected chi connectivity index (χ0v) is 17.5. The van der Waals surface area contributed by atoms with Crippen LogP contribution in [0, 0.1) is 5.92 Å². The number of carbonyl (C=O) groups excluding carboxylic acids is 2. The van der Waals surface area contributed by atoms with Gasteiger partial charge in [0.2, 0.25) is 11.8 Å². The number of nitrogens with one attached hydrogen (secondary N) is 2. The van der Waals surface area contributed by atoms with Gasteiger partial charge in [-0.15, -0.1) is 0 Å². The summed E-state index contributed by atoms with van der Waals surface area (Å²) in [6, 6.07) is 17.2. The first-order valence-corrected chi connectivity index (χ1v) is 11.2. The summed E-state index contributed by atoms with van der Waals surface area (Å²) in [6.07, 6.45) is 7.26. The van der Waals surface area contributed by atoms with Gasteiger partial charge >= 0.3 is 0 Å². The van der Waals surface area contributed by atoms with Gasteiger partial charge in [-0.2, -0.15) is 0 Å². The van der Waals surface area contributed by atoms with Gasteiger partial charge in [0.05, 0.1) is 6.42 Å². The summed E-state index contributed by atoms with van der Waals surface area (Å²) in [6.45, 7) is 1.67. The Morgan fingerprint density at radius 3 is 2.30 bits per heavy atom. The molecule has 2 aromatic rings. The third kappa shape index (κ3) is 5.21. The predicted octanol–water partition coefficient (Wildman–Crippen LogP) is 4.46. The molecule has 1 atom stereocenters. The molecule has 0 spiro atoms. The number of anilines is 2. The van der Waals surface area contributed by atoms with Crippen LogP contribution in [0.25, 0.3) is 0 Å². The topological polar surface area (TPSA) is 61.4 Å². The van der Waals surface area contributed by atoms with Crippen molar-refractivity contribution in [1.29, 1.82) is 0 Å². The molecule has 0 aromatic heterocycles. The molecule has 2 amide bonds. The highest BCUT2D eigenvalue weighted by atomic mass is 16.2. The quantitative estimate of drug-likeness (QED) is 0.715. The van der Waals surface area contributed by atoms with Gasteiger partial charge in [-0.1, -0.05) is 43.2 Å². The maximum absolute atomic E-state index is 12.8. The van der Waals surface area contributed by atoms with E-state index in [-0.39, 0.29) is 17.9 Å². The van der Waals surface area contributed by atoms with Crippen LogP contribution < -0.4 is 10.6 Å². The Kier molecular flexibility index (Phi) is 6.67. The fraction of sp³-hybridized carbons (Fsp3) is 0.440. The molecule has 1 aliphatic heterocycles. The van der Waals surface area contributed by atoms with E-state index < -0.39 is 0 Å². The number of rotatable bonds is 7. The molecular weight excluding hydrogens is 374 g/mol. The molecular formula is C25H31N3O2. The van der Waals surface area contributed by atoms with Crippen molar-refractivity contribution in [2.24, 2.45) is 5.92 Å². The molecule has 1 aliphatic carbocycles. The summed E-state index contributed by atoms with van der Waals surface area (Å²) in [7, 11) is 0. The monoisotopic (exact) mass is 405 g/mol. The van der Waals surface area contributed by atoms with E-state index in [0.717, 1.165) is 35.8 Å². The van der Waals surface area contributed by atoms with Crippen molar-refractivity contribution in [3.8, 4) is 0 Å². The maximum Gasteiger partial charge on any atom is 0.247 e. The average molecular weight is 406 g/mol. The summed E-state index contributed by atoms with van der Waals surface area (Å²) < 4.78 is 0. The third-order valence-electron chi connectivity index (χ3n) is 6.30. The normalized spacial score (nSPS) is 19.1. The van der Waals surface area contributed by atoms with Crippen molar-refractivity contribution < 1.29 is 9.59 Å². The van der Waals surface area contributed by atoms with E-state index in [1.165, 1.54) is 25.7 Å². The zero-order valence-electron chi connectivity index (χ0n) is 17.5. The summed E-state index contributed by atoms with van der Waals surface area (Å²) in [4.78, 5) is 27.3. The summed E-state index contributed by atoms with van der Waals surface area (Å²) >= 11 is 0. The number of amides is 2. The summed E-state index contributed by atoms with van der Waals surface area (Å²) in [5.41, 5.74) is 2.84. The molecule has 1 saturated carbocycles. The average Bonchev–Trinajstić information content (AvgIpc) is 3.46. The van der Waals surface area contributed by atoms with Gasteiger partial charge in [0.15, 0.2) is 0 Å². The molecule has 2 fully saturated rings. The minimum atomic E-state index is -0.388. The van der Waals surface area contributed by atoms with Gasteiger partial charge < -0.3 is 15.5 Å². The molecule has 30 heavy (non-hydrogen) atoms. The van der Waals surface area contributed by atoms with Gasteiger partial charge in [-0.3, -0.25) is 9.59 Å². The fourth-order valence-corrected chi connectivity index (χ4v) is 4.58. The minimum absolute atomic E-state index is 0.0188. The lowest BCUT2D eigenvalue weighted by molar-refractivity contribution is -0.136. The maximum atomic E-state index is 12.8. The Labute approximate surface area is 178 Å². The molecule has 5 heteroatoms. The Morgan fingerprint density at radius 1 is 0.867 bits per heavy atom. The van der Waals surface area contributed by atoms with Crippen molar-refractivity contribution in [1.82, 2.24) is 4.90 Å². The van der Waals surface area contributed by atoms with Crippen LogP contribution in [0.2, 0.25) is 0 Å². The van der Waals surface area contributed by atoms with Crippen LogP contribution in [-0.2, 0) is 16.0 Å². The van der Waals surface area contributed by atoms with E-state index in [1.54, 1.807) is 4.90 Å². The smallest absolute Gasteiger partial charge is 0.247 e. The molecule has 158 valence electrons. The zero-order chi connectivity index (χ0) is 20.8. The largest absolute Gasteiger partial charge is 0.385 e. The standard InChI is InChI=1S/C25H31N3O2/c29-24(17-19-7-2-1-3-8-19)28-16-6-11-23(28)25(30)27-22-14-12-21(13-15-22)26-18-20-9-4-5-10-20/h1-3,7-8,12-15,20,23,26H,4-6,9-11,16-18H2,(H,27,30). The molecule has 0 radical (unpaired) electrons. The number of hydrogen-bond donors (Lipinski definition) is 2. The molecule has 1 heterocycles. The van der Waals surface area contributed by atoms with Crippen LogP contribution in [0.4, 0.5) is 11.4 Å². The van der Waals surface area contributed by atoms with E-state index in [9.17, 15) is 9.59 Å². The first-order chi connectivity index (χ1) is 14.7. The number of likely N-dealkylation sites (tertiary alicyclic amines) is 1. The Bertz CT molecular complexity index is 844. The molecule has 0 bridgehead atoms. The number of benzene rings is 2. The van der Waals surface area contributed by atoms with Crippen LogP contribution in [0.5, 0.6) is 0 Å². The molecule has 2 N–H and O–H groups in total. The second kappa shape index (κ2) is 9.79. The predicted molar refractivity (Wildman–Crippen MR) is 120 cm³/mol. The first kappa shape index (κ1) is 20.5. The second-order valence-corrected chi connectivity index (χ2v) is 8.51. The molecule has 5 nitrogen and oxygen atoms in total. The lowest BCUT2D eigenvalue weighted by Crippen LogP contribution is -2.43. The number of hydrogen-bond acceptors (Lipinski definition) is 3. The van der Waals surface area contributed by atoms with Gasteiger partial charge in [0.25, 0.3) is 0 Å². The van der Waals surface area contributed by atoms with Crippen LogP contribution >= 0.6 is 0 Å². The van der Waals surface area contributed by atoms with E-state index in [0.29, 0.717) is 19.4 Å². The van der Waals surface area contributed by atoms with E-state index in [1.807, 2.05) is 54.6 Å². The Balaban J connectivity index is 1.30. The molecule has 1 unspecified atom stereocenters. The van der Waals surface area contributed by atoms with Gasteiger partial charge in [-0.25, -0.2) is 0 Å². The van der Waals surface area contributed by atoms with Crippen molar-refractivity contribution in [3.05, 3.63) is 60.2 Å². The van der Waals surface area contributed by atoms with Crippen molar-refractivity contribution in [2.45, 2.75) is 51.0 Å². The van der Waals surface area contributed by atoms with E-state index in [2.05, 4.69) is 10.6 Å². The van der Waals surface area contributed by atoms with Crippen LogP contribution in [0.15, 0.2) is 54.6 Å². The van der Waals surface area contributed by atoms with E-state index in [4.69, 9.17) is 0 Å². The van der Waals surface area contributed by atoms with Gasteiger partial charge in [0, 0.05) is 24.5 Å². The van der Waals surface area contributed by atoms with Crippen LogP contribution in [-0.4, -0.2) is 35.8 Å². The van der Waals surface area contributed by atoms with Gasteiger partial charge in [0.1, 0.15) is 6.04 Å². The minimum Gasteiger partial charge on any atom is -0.385 e.